The van der Waals surface area contributed by atoms with Crippen molar-refractivity contribution in [2.45, 2.75) is 24.7 Å². The number of hydrogen-bond donors (Lipinski definition) is 1. The van der Waals surface area contributed by atoms with Gasteiger partial charge in [0.1, 0.15) is 0 Å². The summed E-state index contributed by atoms with van der Waals surface area (Å²) < 4.78 is 10.3. The maximum absolute atomic E-state index is 11.7. The lowest BCUT2D eigenvalue weighted by molar-refractivity contribution is -0.144. The first-order valence-corrected chi connectivity index (χ1v) is 6.59. The molecule has 1 aliphatic rings. The molecule has 1 aromatic carbocycles. The Morgan fingerprint density at radius 2 is 2.11 bits per heavy atom. The number of carbonyl (C=O) groups is 1. The van der Waals surface area contributed by atoms with E-state index < -0.39 is 11.4 Å². The van der Waals surface area contributed by atoms with Crippen LogP contribution >= 0.6 is 0 Å². The van der Waals surface area contributed by atoms with Crippen LogP contribution in [0.25, 0.3) is 0 Å². The highest BCUT2D eigenvalue weighted by molar-refractivity contribution is 5.83. The summed E-state index contributed by atoms with van der Waals surface area (Å²) in [6.45, 7) is 1.49. The number of benzene rings is 1. The van der Waals surface area contributed by atoms with Crippen molar-refractivity contribution >= 4 is 5.97 Å². The van der Waals surface area contributed by atoms with Crippen LogP contribution in [0.4, 0.5) is 0 Å². The van der Waals surface area contributed by atoms with Gasteiger partial charge in [0, 0.05) is 13.7 Å². The molecule has 0 saturated carbocycles. The number of ether oxygens (including phenoxy) is 2. The lowest BCUT2D eigenvalue weighted by Gasteiger charge is -2.25. The first-order chi connectivity index (χ1) is 9.20. The second-order valence-electron chi connectivity index (χ2n) is 4.90. The third-order valence-corrected chi connectivity index (χ3v) is 3.87. The molecule has 0 fully saturated rings. The minimum Gasteiger partial charge on any atom is -0.481 e. The second kappa shape index (κ2) is 6.17. The van der Waals surface area contributed by atoms with Crippen molar-refractivity contribution in [1.29, 1.82) is 0 Å². The Bertz CT molecular complexity index is 444. The summed E-state index contributed by atoms with van der Waals surface area (Å²) in [5.41, 5.74) is 1.34. The smallest absolute Gasteiger partial charge is 0.314 e. The zero-order valence-corrected chi connectivity index (χ0v) is 11.2. The first kappa shape index (κ1) is 14.0. The van der Waals surface area contributed by atoms with E-state index >= 15 is 0 Å². The highest BCUT2D eigenvalue weighted by Crippen LogP contribution is 2.41. The van der Waals surface area contributed by atoms with E-state index in [1.54, 1.807) is 7.11 Å². The van der Waals surface area contributed by atoms with Crippen LogP contribution in [0.15, 0.2) is 24.3 Å². The molecule has 4 nitrogen and oxygen atoms in total. The Balaban J connectivity index is 2.06. The minimum atomic E-state index is -0.774. The predicted molar refractivity (Wildman–Crippen MR) is 71.4 cm³/mol. The van der Waals surface area contributed by atoms with Crippen molar-refractivity contribution in [2.24, 2.45) is 0 Å². The first-order valence-electron chi connectivity index (χ1n) is 6.59. The monoisotopic (exact) mass is 264 g/mol. The summed E-state index contributed by atoms with van der Waals surface area (Å²) in [5.74, 6) is -0.743. The minimum absolute atomic E-state index is 0.448. The van der Waals surface area contributed by atoms with E-state index in [1.165, 1.54) is 0 Å². The van der Waals surface area contributed by atoms with Crippen molar-refractivity contribution in [3.8, 4) is 0 Å². The predicted octanol–water partition coefficient (Wildman–Crippen LogP) is 2.01. The fourth-order valence-electron chi connectivity index (χ4n) is 2.77. The Kier molecular flexibility index (Phi) is 4.56. The molecule has 0 spiro atoms. The third kappa shape index (κ3) is 2.80. The fraction of sp³-hybridized carbons (Fsp3) is 0.533. The summed E-state index contributed by atoms with van der Waals surface area (Å²) in [6.07, 6.45) is 2.01. The van der Waals surface area contributed by atoms with Crippen LogP contribution in [0.1, 0.15) is 24.0 Å². The summed E-state index contributed by atoms with van der Waals surface area (Å²) in [6, 6.07) is 7.83. The number of methoxy groups -OCH3 is 1. The van der Waals surface area contributed by atoms with Crippen LogP contribution in [-0.2, 0) is 26.1 Å². The molecule has 19 heavy (non-hydrogen) atoms. The van der Waals surface area contributed by atoms with Crippen molar-refractivity contribution in [2.75, 3.05) is 26.9 Å². The van der Waals surface area contributed by atoms with E-state index in [0.717, 1.165) is 17.5 Å². The van der Waals surface area contributed by atoms with Gasteiger partial charge in [0.05, 0.1) is 18.6 Å². The maximum Gasteiger partial charge on any atom is 0.314 e. The van der Waals surface area contributed by atoms with Gasteiger partial charge in [0.25, 0.3) is 0 Å². The topological polar surface area (TPSA) is 55.8 Å². The van der Waals surface area contributed by atoms with Crippen LogP contribution in [0.5, 0.6) is 0 Å². The SMILES string of the molecule is COCCOCCC1(C(=O)O)CCc2ccccc21. The Hall–Kier alpha value is -1.39. The van der Waals surface area contributed by atoms with Crippen LogP contribution in [0, 0.1) is 0 Å². The molecule has 0 aromatic heterocycles. The number of fused-ring (bicyclic) bond motifs is 1. The number of aryl methyl sites for hydroxylation is 1. The van der Waals surface area contributed by atoms with Crippen molar-refractivity contribution in [1.82, 2.24) is 0 Å². The number of carboxylic acids is 1. The zero-order valence-electron chi connectivity index (χ0n) is 11.2. The Morgan fingerprint density at radius 1 is 1.32 bits per heavy atom. The average Bonchev–Trinajstić information content (AvgIpc) is 2.79. The summed E-state index contributed by atoms with van der Waals surface area (Å²) in [5, 5.41) is 9.63. The molecule has 1 aliphatic carbocycles. The van der Waals surface area contributed by atoms with Crippen molar-refractivity contribution in [3.63, 3.8) is 0 Å². The van der Waals surface area contributed by atoms with Gasteiger partial charge in [-0.3, -0.25) is 4.79 Å². The fourth-order valence-corrected chi connectivity index (χ4v) is 2.77. The molecule has 1 unspecified atom stereocenters. The molecular weight excluding hydrogens is 244 g/mol. The normalized spacial score (nSPS) is 21.3. The van der Waals surface area contributed by atoms with E-state index in [9.17, 15) is 9.90 Å². The summed E-state index contributed by atoms with van der Waals surface area (Å²) in [7, 11) is 1.62. The number of rotatable bonds is 7. The molecule has 1 atom stereocenters. The van der Waals surface area contributed by atoms with E-state index in [4.69, 9.17) is 9.47 Å². The van der Waals surface area contributed by atoms with Crippen molar-refractivity contribution in [3.05, 3.63) is 35.4 Å². The number of aliphatic carboxylic acids is 1. The molecule has 104 valence electrons. The number of carboxylic acid groups (broad SMARTS) is 1. The summed E-state index contributed by atoms with van der Waals surface area (Å²) in [4.78, 5) is 11.7. The molecule has 1 N–H and O–H groups in total. The highest BCUT2D eigenvalue weighted by atomic mass is 16.5. The molecule has 2 rings (SSSR count). The van der Waals surface area contributed by atoms with Crippen LogP contribution in [0.2, 0.25) is 0 Å². The van der Waals surface area contributed by atoms with E-state index in [0.29, 0.717) is 32.7 Å². The van der Waals surface area contributed by atoms with Gasteiger partial charge in [-0.25, -0.2) is 0 Å². The lowest BCUT2D eigenvalue weighted by atomic mass is 9.79. The molecule has 0 radical (unpaired) electrons. The zero-order chi connectivity index (χ0) is 13.7. The van der Waals surface area contributed by atoms with E-state index in [1.807, 2.05) is 24.3 Å². The summed E-state index contributed by atoms with van der Waals surface area (Å²) >= 11 is 0. The van der Waals surface area contributed by atoms with Gasteiger partial charge in [0.2, 0.25) is 0 Å². The average molecular weight is 264 g/mol. The van der Waals surface area contributed by atoms with Gasteiger partial charge in [-0.05, 0) is 30.4 Å². The molecule has 0 amide bonds. The highest BCUT2D eigenvalue weighted by Gasteiger charge is 2.44. The van der Waals surface area contributed by atoms with Gasteiger partial charge in [0.15, 0.2) is 0 Å². The standard InChI is InChI=1S/C15H20O4/c1-18-10-11-19-9-8-15(14(16)17)7-6-12-4-2-3-5-13(12)15/h2-5H,6-11H2,1H3,(H,16,17). The van der Waals surface area contributed by atoms with E-state index in [-0.39, 0.29) is 0 Å². The molecule has 0 bridgehead atoms. The van der Waals surface area contributed by atoms with Crippen molar-refractivity contribution < 1.29 is 19.4 Å². The van der Waals surface area contributed by atoms with Crippen LogP contribution in [-0.4, -0.2) is 38.0 Å². The largest absolute Gasteiger partial charge is 0.481 e. The third-order valence-electron chi connectivity index (χ3n) is 3.87. The molecule has 4 heteroatoms. The van der Waals surface area contributed by atoms with Gasteiger partial charge in [-0.15, -0.1) is 0 Å². The van der Waals surface area contributed by atoms with E-state index in [2.05, 4.69) is 0 Å². The quantitative estimate of drug-likeness (QED) is 0.765. The Labute approximate surface area is 113 Å². The Morgan fingerprint density at radius 3 is 2.84 bits per heavy atom. The molecular formula is C15H20O4. The number of hydrogen-bond acceptors (Lipinski definition) is 3. The lowest BCUT2D eigenvalue weighted by Crippen LogP contribution is -2.35. The maximum atomic E-state index is 11.7. The van der Waals surface area contributed by atoms with Gasteiger partial charge in [-0.2, -0.15) is 0 Å². The van der Waals surface area contributed by atoms with Crippen LogP contribution < -0.4 is 0 Å². The molecule has 0 heterocycles. The van der Waals surface area contributed by atoms with Gasteiger partial charge in [-0.1, -0.05) is 24.3 Å². The second-order valence-corrected chi connectivity index (χ2v) is 4.90. The molecule has 1 aromatic rings. The van der Waals surface area contributed by atoms with Gasteiger partial charge < -0.3 is 14.6 Å². The molecule has 0 aliphatic heterocycles. The van der Waals surface area contributed by atoms with Gasteiger partial charge >= 0.3 is 5.97 Å². The molecule has 0 saturated heterocycles. The van der Waals surface area contributed by atoms with Crippen LogP contribution in [0.3, 0.4) is 0 Å².